The number of nitrogens with one attached hydrogen (secondary N) is 2. The van der Waals surface area contributed by atoms with Gasteiger partial charge in [0.1, 0.15) is 11.5 Å². The van der Waals surface area contributed by atoms with Gasteiger partial charge in [-0.25, -0.2) is 13.1 Å². The number of benzene rings is 2. The van der Waals surface area contributed by atoms with Crippen LogP contribution in [0.1, 0.15) is 20.8 Å². The number of rotatable bonds is 10. The van der Waals surface area contributed by atoms with Crippen LogP contribution in [-0.4, -0.2) is 35.1 Å². The lowest BCUT2D eigenvalue weighted by molar-refractivity contribution is 0.0950. The monoisotopic (exact) mass is 460 g/mol. The number of methoxy groups -OCH3 is 2. The number of sulfonamides is 1. The fraction of sp³-hybridized carbons (Fsp3) is 0.227. The highest BCUT2D eigenvalue weighted by Crippen LogP contribution is 2.22. The lowest BCUT2D eigenvalue weighted by Gasteiger charge is -2.10. The third kappa shape index (κ3) is 6.30. The summed E-state index contributed by atoms with van der Waals surface area (Å²) in [6.07, 6.45) is 0.631. The van der Waals surface area contributed by atoms with Crippen molar-refractivity contribution in [2.24, 2.45) is 0 Å². The molecule has 1 amide bonds. The van der Waals surface area contributed by atoms with Crippen molar-refractivity contribution in [3.05, 3.63) is 76.0 Å². The van der Waals surface area contributed by atoms with E-state index in [1.165, 1.54) is 24.3 Å². The Morgan fingerprint density at radius 1 is 1.00 bits per heavy atom. The number of hydrogen-bond donors (Lipinski definition) is 2. The molecule has 9 heteroatoms. The molecule has 0 aliphatic heterocycles. The van der Waals surface area contributed by atoms with Crippen molar-refractivity contribution in [1.82, 2.24) is 10.0 Å². The maximum Gasteiger partial charge on any atom is 0.251 e. The zero-order valence-corrected chi connectivity index (χ0v) is 18.9. The van der Waals surface area contributed by atoms with Gasteiger partial charge in [-0.1, -0.05) is 6.07 Å². The Balaban J connectivity index is 1.58. The van der Waals surface area contributed by atoms with Crippen molar-refractivity contribution in [3.8, 4) is 11.5 Å². The maximum atomic E-state index is 12.5. The van der Waals surface area contributed by atoms with Crippen molar-refractivity contribution in [2.75, 3.05) is 20.8 Å². The van der Waals surface area contributed by atoms with Crippen LogP contribution in [0.15, 0.2) is 64.9 Å². The first kappa shape index (κ1) is 22.8. The summed E-state index contributed by atoms with van der Waals surface area (Å²) in [5.41, 5.74) is 1.19. The zero-order chi connectivity index (χ0) is 22.3. The molecule has 0 radical (unpaired) electrons. The summed E-state index contributed by atoms with van der Waals surface area (Å²) >= 11 is 1.59. The smallest absolute Gasteiger partial charge is 0.251 e. The van der Waals surface area contributed by atoms with E-state index in [4.69, 9.17) is 9.47 Å². The predicted octanol–water partition coefficient (Wildman–Crippen LogP) is 3.22. The number of carbonyl (C=O) groups excluding carboxylic acids is 1. The normalized spacial score (nSPS) is 11.2. The number of ether oxygens (including phenoxy) is 2. The quantitative estimate of drug-likeness (QED) is 0.485. The average molecular weight is 461 g/mol. The van der Waals surface area contributed by atoms with Gasteiger partial charge in [0.2, 0.25) is 10.0 Å². The summed E-state index contributed by atoms with van der Waals surface area (Å²) in [6.45, 7) is 0.589. The van der Waals surface area contributed by atoms with Gasteiger partial charge in [0.25, 0.3) is 5.91 Å². The van der Waals surface area contributed by atoms with E-state index in [2.05, 4.69) is 10.0 Å². The highest BCUT2D eigenvalue weighted by molar-refractivity contribution is 7.89. The average Bonchev–Trinajstić information content (AvgIpc) is 3.30. The predicted molar refractivity (Wildman–Crippen MR) is 120 cm³/mol. The fourth-order valence-corrected chi connectivity index (χ4v) is 4.63. The van der Waals surface area contributed by atoms with Crippen molar-refractivity contribution >= 4 is 27.3 Å². The standard InChI is InChI=1S/C22H24N2O5S2/c1-28-18-12-16(13-19(14-18)29-2)15-23-22(25)17-5-7-21(8-6-17)31(26,27)24-10-9-20-4-3-11-30-20/h3-8,11-14,24H,9-10,15H2,1-2H3,(H,23,25). The first-order valence-electron chi connectivity index (χ1n) is 9.53. The molecule has 0 atom stereocenters. The molecule has 3 rings (SSSR count). The second-order valence-electron chi connectivity index (χ2n) is 6.66. The second kappa shape index (κ2) is 10.4. The van der Waals surface area contributed by atoms with Crippen molar-refractivity contribution in [1.29, 1.82) is 0 Å². The molecule has 0 spiro atoms. The van der Waals surface area contributed by atoms with E-state index in [9.17, 15) is 13.2 Å². The van der Waals surface area contributed by atoms with E-state index < -0.39 is 10.0 Å². The lowest BCUT2D eigenvalue weighted by Crippen LogP contribution is -2.26. The Morgan fingerprint density at radius 2 is 1.68 bits per heavy atom. The van der Waals surface area contributed by atoms with Gasteiger partial charge in [-0.2, -0.15) is 0 Å². The first-order chi connectivity index (χ1) is 14.9. The lowest BCUT2D eigenvalue weighted by atomic mass is 10.1. The molecule has 0 unspecified atom stereocenters. The third-order valence-corrected chi connectivity index (χ3v) is 6.95. The molecule has 7 nitrogen and oxygen atoms in total. The van der Waals surface area contributed by atoms with Crippen LogP contribution in [0.25, 0.3) is 0 Å². The minimum atomic E-state index is -3.63. The van der Waals surface area contributed by atoms with E-state index in [0.717, 1.165) is 10.4 Å². The molecule has 0 fully saturated rings. The first-order valence-corrected chi connectivity index (χ1v) is 11.9. The molecule has 0 saturated heterocycles. The zero-order valence-electron chi connectivity index (χ0n) is 17.3. The molecule has 2 N–H and O–H groups in total. The highest BCUT2D eigenvalue weighted by atomic mass is 32.2. The van der Waals surface area contributed by atoms with Gasteiger partial charge in [0.05, 0.1) is 19.1 Å². The minimum Gasteiger partial charge on any atom is -0.497 e. The molecule has 3 aromatic rings. The Kier molecular flexibility index (Phi) is 7.67. The molecule has 0 bridgehead atoms. The molecule has 2 aromatic carbocycles. The molecule has 0 aliphatic rings. The summed E-state index contributed by atoms with van der Waals surface area (Å²) < 4.78 is 37.9. The van der Waals surface area contributed by atoms with Gasteiger partial charge in [-0.3, -0.25) is 4.79 Å². The highest BCUT2D eigenvalue weighted by Gasteiger charge is 2.15. The van der Waals surface area contributed by atoms with E-state index in [1.807, 2.05) is 17.5 Å². The Labute approximate surface area is 186 Å². The summed E-state index contributed by atoms with van der Waals surface area (Å²) in [5, 5.41) is 4.77. The molecule has 1 heterocycles. The summed E-state index contributed by atoms with van der Waals surface area (Å²) in [5.74, 6) is 0.950. The second-order valence-corrected chi connectivity index (χ2v) is 9.45. The van der Waals surface area contributed by atoms with Gasteiger partial charge < -0.3 is 14.8 Å². The van der Waals surface area contributed by atoms with Crippen LogP contribution in [0.4, 0.5) is 0 Å². The van der Waals surface area contributed by atoms with Crippen LogP contribution in [0.3, 0.4) is 0 Å². The molecular weight excluding hydrogens is 436 g/mol. The number of amides is 1. The van der Waals surface area contributed by atoms with E-state index in [0.29, 0.717) is 30.0 Å². The van der Waals surface area contributed by atoms with E-state index in [-0.39, 0.29) is 17.3 Å². The summed E-state index contributed by atoms with van der Waals surface area (Å²) in [4.78, 5) is 13.7. The summed E-state index contributed by atoms with van der Waals surface area (Å²) in [6, 6.07) is 15.1. The largest absolute Gasteiger partial charge is 0.497 e. The van der Waals surface area contributed by atoms with Crippen LogP contribution in [0.2, 0.25) is 0 Å². The van der Waals surface area contributed by atoms with Crippen LogP contribution < -0.4 is 19.5 Å². The molecule has 0 saturated carbocycles. The van der Waals surface area contributed by atoms with Crippen molar-refractivity contribution < 1.29 is 22.7 Å². The van der Waals surface area contributed by atoms with E-state index >= 15 is 0 Å². The van der Waals surface area contributed by atoms with Crippen LogP contribution in [0, 0.1) is 0 Å². The van der Waals surface area contributed by atoms with Crippen LogP contribution in [0.5, 0.6) is 11.5 Å². The molecule has 164 valence electrons. The molecule has 0 aliphatic carbocycles. The SMILES string of the molecule is COc1cc(CNC(=O)c2ccc(S(=O)(=O)NCCc3cccs3)cc2)cc(OC)c1. The number of carbonyl (C=O) groups is 1. The van der Waals surface area contributed by atoms with Gasteiger partial charge >= 0.3 is 0 Å². The number of thiophene rings is 1. The van der Waals surface area contributed by atoms with Crippen LogP contribution in [-0.2, 0) is 23.0 Å². The van der Waals surface area contributed by atoms with Gasteiger partial charge in [0, 0.05) is 29.6 Å². The Hall–Kier alpha value is -2.88. The van der Waals surface area contributed by atoms with Gasteiger partial charge in [0.15, 0.2) is 0 Å². The third-order valence-electron chi connectivity index (χ3n) is 4.53. The van der Waals surface area contributed by atoms with Gasteiger partial charge in [-0.05, 0) is 59.8 Å². The summed E-state index contributed by atoms with van der Waals surface area (Å²) in [7, 11) is -0.513. The maximum absolute atomic E-state index is 12.5. The number of hydrogen-bond acceptors (Lipinski definition) is 6. The molecular formula is C22H24N2O5S2. The fourth-order valence-electron chi connectivity index (χ4n) is 2.89. The van der Waals surface area contributed by atoms with Crippen molar-refractivity contribution in [3.63, 3.8) is 0 Å². The van der Waals surface area contributed by atoms with Crippen molar-refractivity contribution in [2.45, 2.75) is 17.9 Å². The Bertz CT molecular complexity index is 1090. The van der Waals surface area contributed by atoms with Crippen LogP contribution >= 0.6 is 11.3 Å². The van der Waals surface area contributed by atoms with Gasteiger partial charge in [-0.15, -0.1) is 11.3 Å². The molecule has 1 aromatic heterocycles. The molecule has 31 heavy (non-hydrogen) atoms. The van der Waals surface area contributed by atoms with E-state index in [1.54, 1.807) is 43.8 Å². The minimum absolute atomic E-state index is 0.118. The Morgan fingerprint density at radius 3 is 2.26 bits per heavy atom. The topological polar surface area (TPSA) is 93.7 Å².